The maximum absolute atomic E-state index is 11.8. The predicted octanol–water partition coefficient (Wildman–Crippen LogP) is 3.49. The van der Waals surface area contributed by atoms with Crippen molar-refractivity contribution in [2.24, 2.45) is 10.8 Å². The lowest BCUT2D eigenvalue weighted by Gasteiger charge is -2.49. The third-order valence-corrected chi connectivity index (χ3v) is 4.88. The van der Waals surface area contributed by atoms with Gasteiger partial charge in [-0.1, -0.05) is 40.2 Å². The monoisotopic (exact) mass is 238 g/mol. The zero-order chi connectivity index (χ0) is 13.4. The number of aliphatic hydroxyl groups excluding tert-OH is 1. The molecule has 0 unspecified atom stereocenters. The van der Waals surface area contributed by atoms with E-state index in [1.54, 1.807) is 0 Å². The molecule has 0 heterocycles. The molecule has 2 heteroatoms. The van der Waals surface area contributed by atoms with Crippen LogP contribution in [0.4, 0.5) is 0 Å². The molecule has 0 bridgehead atoms. The summed E-state index contributed by atoms with van der Waals surface area (Å²) in [6.07, 6.45) is 1.59. The van der Waals surface area contributed by atoms with Crippen LogP contribution in [0.1, 0.15) is 60.8 Å². The lowest BCUT2D eigenvalue weighted by Crippen LogP contribution is -2.43. The molecule has 1 aliphatic carbocycles. The van der Waals surface area contributed by atoms with E-state index in [2.05, 4.69) is 34.6 Å². The van der Waals surface area contributed by atoms with Gasteiger partial charge in [0.15, 0.2) is 5.78 Å². The molecule has 0 saturated heterocycles. The summed E-state index contributed by atoms with van der Waals surface area (Å²) in [6.45, 7) is 12.6. The van der Waals surface area contributed by atoms with Crippen molar-refractivity contribution in [1.29, 1.82) is 0 Å². The normalized spacial score (nSPS) is 24.6. The highest BCUT2D eigenvalue weighted by Gasteiger charge is 2.46. The molecule has 0 fully saturated rings. The third kappa shape index (κ3) is 2.33. The van der Waals surface area contributed by atoms with Gasteiger partial charge in [0.25, 0.3) is 0 Å². The van der Waals surface area contributed by atoms with Crippen molar-refractivity contribution in [3.8, 4) is 0 Å². The lowest BCUT2D eigenvalue weighted by atomic mass is 9.56. The number of hydrogen-bond acceptors (Lipinski definition) is 2. The molecule has 1 atom stereocenters. The fourth-order valence-electron chi connectivity index (χ4n) is 2.77. The molecule has 1 N–H and O–H groups in total. The number of aliphatic hydroxyl groups is 1. The van der Waals surface area contributed by atoms with Gasteiger partial charge in [-0.2, -0.15) is 0 Å². The van der Waals surface area contributed by atoms with Gasteiger partial charge in [-0.25, -0.2) is 0 Å². The Kier molecular flexibility index (Phi) is 3.87. The van der Waals surface area contributed by atoms with Crippen LogP contribution < -0.4 is 0 Å². The van der Waals surface area contributed by atoms with E-state index in [0.29, 0.717) is 6.42 Å². The van der Waals surface area contributed by atoms with E-state index in [1.165, 1.54) is 5.57 Å². The highest BCUT2D eigenvalue weighted by Crippen LogP contribution is 2.53. The molecule has 0 aliphatic heterocycles. The zero-order valence-electron chi connectivity index (χ0n) is 12.1. The molecule has 1 rings (SSSR count). The van der Waals surface area contributed by atoms with Crippen molar-refractivity contribution in [3.63, 3.8) is 0 Å². The van der Waals surface area contributed by atoms with E-state index in [0.717, 1.165) is 18.4 Å². The second-order valence-electron chi connectivity index (χ2n) is 6.43. The van der Waals surface area contributed by atoms with Gasteiger partial charge in [0.2, 0.25) is 0 Å². The summed E-state index contributed by atoms with van der Waals surface area (Å²) in [6, 6.07) is 0. The van der Waals surface area contributed by atoms with Crippen LogP contribution in [0.3, 0.4) is 0 Å². The molecule has 0 amide bonds. The van der Waals surface area contributed by atoms with Gasteiger partial charge < -0.3 is 5.11 Å². The number of allylic oxidation sites excluding steroid dienone is 1. The fourth-order valence-corrected chi connectivity index (χ4v) is 2.77. The summed E-state index contributed by atoms with van der Waals surface area (Å²) in [7, 11) is 0. The smallest absolute Gasteiger partial charge is 0.165 e. The van der Waals surface area contributed by atoms with Gasteiger partial charge in [0, 0.05) is 6.42 Å². The maximum Gasteiger partial charge on any atom is 0.165 e. The van der Waals surface area contributed by atoms with Crippen molar-refractivity contribution in [2.75, 3.05) is 0 Å². The van der Waals surface area contributed by atoms with Gasteiger partial charge in [-0.05, 0) is 36.2 Å². The van der Waals surface area contributed by atoms with Crippen LogP contribution in [-0.4, -0.2) is 17.0 Å². The number of hydrogen-bond donors (Lipinski definition) is 1. The molecule has 17 heavy (non-hydrogen) atoms. The van der Waals surface area contributed by atoms with Crippen molar-refractivity contribution in [2.45, 2.75) is 66.9 Å². The van der Waals surface area contributed by atoms with Crippen molar-refractivity contribution >= 4 is 5.78 Å². The molecule has 0 aromatic heterocycles. The Labute approximate surface area is 105 Å². The first-order valence-corrected chi connectivity index (χ1v) is 6.56. The van der Waals surface area contributed by atoms with E-state index in [-0.39, 0.29) is 16.6 Å². The van der Waals surface area contributed by atoms with Crippen molar-refractivity contribution < 1.29 is 9.90 Å². The Morgan fingerprint density at radius 2 is 1.88 bits per heavy atom. The molecule has 98 valence electrons. The number of rotatable bonds is 3. The molecule has 1 aliphatic rings. The first kappa shape index (κ1) is 14.4. The zero-order valence-corrected chi connectivity index (χ0v) is 12.1. The van der Waals surface area contributed by atoms with E-state index < -0.39 is 6.10 Å². The Bertz CT molecular complexity index is 348. The average molecular weight is 238 g/mol. The van der Waals surface area contributed by atoms with Gasteiger partial charge in [0.05, 0.1) is 0 Å². The number of carbonyl (C=O) groups excluding carboxylic acids is 1. The predicted molar refractivity (Wildman–Crippen MR) is 70.8 cm³/mol. The first-order chi connectivity index (χ1) is 7.65. The van der Waals surface area contributed by atoms with Gasteiger partial charge in [-0.3, -0.25) is 4.79 Å². The summed E-state index contributed by atoms with van der Waals surface area (Å²) in [4.78, 5) is 11.8. The van der Waals surface area contributed by atoms with E-state index >= 15 is 0 Å². The van der Waals surface area contributed by atoms with E-state index in [9.17, 15) is 9.90 Å². The van der Waals surface area contributed by atoms with Crippen LogP contribution in [0.2, 0.25) is 0 Å². The molecule has 0 spiro atoms. The molecule has 0 aromatic carbocycles. The second kappa shape index (κ2) is 4.56. The largest absolute Gasteiger partial charge is 0.381 e. The van der Waals surface area contributed by atoms with E-state index in [4.69, 9.17) is 0 Å². The van der Waals surface area contributed by atoms with Crippen LogP contribution >= 0.6 is 0 Å². The molecule has 0 aromatic rings. The summed E-state index contributed by atoms with van der Waals surface area (Å²) in [5.41, 5.74) is 2.15. The fraction of sp³-hybridized carbons (Fsp3) is 0.800. The van der Waals surface area contributed by atoms with Gasteiger partial charge in [-0.15, -0.1) is 0 Å². The molecular formula is C15H26O2. The molecular weight excluding hydrogens is 212 g/mol. The van der Waals surface area contributed by atoms with Gasteiger partial charge >= 0.3 is 0 Å². The minimum absolute atomic E-state index is 0.0647. The summed E-state index contributed by atoms with van der Waals surface area (Å²) in [5.74, 6) is -0.0647. The Hall–Kier alpha value is -0.630. The van der Waals surface area contributed by atoms with Crippen LogP contribution in [0.15, 0.2) is 11.1 Å². The molecule has 0 saturated carbocycles. The topological polar surface area (TPSA) is 37.3 Å². The highest BCUT2D eigenvalue weighted by molar-refractivity contribution is 5.86. The highest BCUT2D eigenvalue weighted by atomic mass is 16.3. The Balaban J connectivity index is 3.23. The first-order valence-electron chi connectivity index (χ1n) is 6.56. The SMILES string of the molecule is CCC(=O)[C@H](O)C1=C(C)CCC(C)(C)C1(C)C. The van der Waals surface area contributed by atoms with Gasteiger partial charge in [0.1, 0.15) is 6.10 Å². The van der Waals surface area contributed by atoms with E-state index in [1.807, 2.05) is 6.92 Å². The second-order valence-corrected chi connectivity index (χ2v) is 6.43. The molecule has 2 nitrogen and oxygen atoms in total. The number of carbonyl (C=O) groups is 1. The summed E-state index contributed by atoms with van der Waals surface area (Å²) >= 11 is 0. The lowest BCUT2D eigenvalue weighted by molar-refractivity contribution is -0.126. The minimum Gasteiger partial charge on any atom is -0.381 e. The number of Topliss-reactive ketones (excluding diaryl/α,β-unsaturated/α-hetero) is 1. The van der Waals surface area contributed by atoms with Crippen LogP contribution in [0.25, 0.3) is 0 Å². The average Bonchev–Trinajstić information content (AvgIpc) is 2.23. The summed E-state index contributed by atoms with van der Waals surface area (Å²) in [5, 5.41) is 10.3. The van der Waals surface area contributed by atoms with Crippen LogP contribution in [0.5, 0.6) is 0 Å². The summed E-state index contributed by atoms with van der Waals surface area (Å²) < 4.78 is 0. The Morgan fingerprint density at radius 1 is 1.35 bits per heavy atom. The third-order valence-electron chi connectivity index (χ3n) is 4.88. The quantitative estimate of drug-likeness (QED) is 0.764. The molecule has 0 radical (unpaired) electrons. The van der Waals surface area contributed by atoms with Crippen molar-refractivity contribution in [1.82, 2.24) is 0 Å². The van der Waals surface area contributed by atoms with Crippen molar-refractivity contribution in [3.05, 3.63) is 11.1 Å². The Morgan fingerprint density at radius 3 is 2.35 bits per heavy atom. The maximum atomic E-state index is 11.8. The standard InChI is InChI=1S/C15H26O2/c1-7-11(16)13(17)12-10(2)8-9-14(3,4)15(12,5)6/h13,17H,7-9H2,1-6H3/t13-/m0/s1. The number of ketones is 1. The minimum atomic E-state index is -0.908. The van der Waals surface area contributed by atoms with Crippen LogP contribution in [0, 0.1) is 10.8 Å². The van der Waals surface area contributed by atoms with Crippen LogP contribution in [-0.2, 0) is 4.79 Å².